The fourth-order valence-electron chi connectivity index (χ4n) is 8.00. The number of carbonyl (C=O) groups excluding carboxylic acids is 3. The topological polar surface area (TPSA) is 81.2 Å². The third kappa shape index (κ3) is 5.54. The zero-order valence-electron chi connectivity index (χ0n) is 27.2. The van der Waals surface area contributed by atoms with Gasteiger partial charge in [-0.2, -0.15) is 0 Å². The number of benzene rings is 2. The number of likely N-dealkylation sites (tertiary alicyclic amines) is 1. The van der Waals surface area contributed by atoms with Crippen molar-refractivity contribution in [2.75, 3.05) is 24.6 Å². The second-order valence-electron chi connectivity index (χ2n) is 13.3. The Hall–Kier alpha value is -3.36. The number of hydrogen-bond acceptors (Lipinski definition) is 5. The molecule has 2 aromatic carbocycles. The van der Waals surface area contributed by atoms with E-state index >= 15 is 4.79 Å². The van der Waals surface area contributed by atoms with Crippen LogP contribution in [0.15, 0.2) is 73.8 Å². The SMILES string of the molecule is C=CCN(Cc1ccccc1)C(=O)[C@@H]1[C@@H]2CC(C)C3(S2)C(C(=O)N(CC=C)c2cc(C)ccc2C)N([C@@H](CO)C(C)C)C(=O)[C@H]13. The van der Waals surface area contributed by atoms with Gasteiger partial charge in [0.05, 0.1) is 29.2 Å². The minimum atomic E-state index is -0.834. The van der Waals surface area contributed by atoms with Gasteiger partial charge in [-0.25, -0.2) is 0 Å². The van der Waals surface area contributed by atoms with Crippen molar-refractivity contribution < 1.29 is 19.5 Å². The number of carbonyl (C=O) groups is 3. The van der Waals surface area contributed by atoms with E-state index in [0.717, 1.165) is 28.8 Å². The summed E-state index contributed by atoms with van der Waals surface area (Å²) in [5, 5.41) is 10.6. The van der Waals surface area contributed by atoms with Crippen molar-refractivity contribution in [1.82, 2.24) is 9.80 Å². The van der Waals surface area contributed by atoms with Crippen molar-refractivity contribution in [3.63, 3.8) is 0 Å². The first-order chi connectivity index (χ1) is 21.5. The van der Waals surface area contributed by atoms with Crippen LogP contribution in [0.3, 0.4) is 0 Å². The predicted molar refractivity (Wildman–Crippen MR) is 182 cm³/mol. The average Bonchev–Trinajstić information content (AvgIpc) is 3.61. The van der Waals surface area contributed by atoms with Gasteiger partial charge in [0.25, 0.3) is 5.91 Å². The quantitative estimate of drug-likeness (QED) is 0.319. The van der Waals surface area contributed by atoms with Gasteiger partial charge >= 0.3 is 0 Å². The lowest BCUT2D eigenvalue weighted by molar-refractivity contribution is -0.146. The van der Waals surface area contributed by atoms with E-state index in [2.05, 4.69) is 20.1 Å². The minimum absolute atomic E-state index is 0.0159. The van der Waals surface area contributed by atoms with Crippen molar-refractivity contribution >= 4 is 35.2 Å². The zero-order chi connectivity index (χ0) is 32.6. The Balaban J connectivity index is 1.62. The van der Waals surface area contributed by atoms with E-state index in [0.29, 0.717) is 13.1 Å². The van der Waals surface area contributed by atoms with Crippen LogP contribution in [0.5, 0.6) is 0 Å². The second-order valence-corrected chi connectivity index (χ2v) is 14.9. The van der Waals surface area contributed by atoms with Crippen LogP contribution in [0.1, 0.15) is 43.9 Å². The maximum atomic E-state index is 15.1. The monoisotopic (exact) mass is 629 g/mol. The van der Waals surface area contributed by atoms with Crippen LogP contribution < -0.4 is 4.90 Å². The molecule has 3 heterocycles. The molecule has 7 atom stereocenters. The Morgan fingerprint density at radius 2 is 1.78 bits per heavy atom. The maximum absolute atomic E-state index is 15.1. The Kier molecular flexibility index (Phi) is 9.66. The summed E-state index contributed by atoms with van der Waals surface area (Å²) in [7, 11) is 0. The summed E-state index contributed by atoms with van der Waals surface area (Å²) < 4.78 is -0.800. The highest BCUT2D eigenvalue weighted by Gasteiger charge is 2.77. The molecule has 3 fully saturated rings. The maximum Gasteiger partial charge on any atom is 0.251 e. The first-order valence-corrected chi connectivity index (χ1v) is 16.9. The van der Waals surface area contributed by atoms with Crippen molar-refractivity contribution in [1.29, 1.82) is 0 Å². The molecule has 240 valence electrons. The van der Waals surface area contributed by atoms with E-state index in [4.69, 9.17) is 0 Å². The van der Waals surface area contributed by atoms with Crippen LogP contribution in [-0.2, 0) is 20.9 Å². The largest absolute Gasteiger partial charge is 0.394 e. The molecule has 5 rings (SSSR count). The highest BCUT2D eigenvalue weighted by molar-refractivity contribution is 8.02. The molecule has 3 amide bonds. The molecule has 3 aliphatic rings. The van der Waals surface area contributed by atoms with Crippen LogP contribution in [-0.4, -0.2) is 74.4 Å². The number of aliphatic hydroxyl groups is 1. The Bertz CT molecular complexity index is 1460. The predicted octanol–water partition coefficient (Wildman–Crippen LogP) is 5.39. The molecular weight excluding hydrogens is 582 g/mol. The molecule has 1 spiro atoms. The molecule has 45 heavy (non-hydrogen) atoms. The van der Waals surface area contributed by atoms with Gasteiger partial charge in [-0.1, -0.05) is 75.4 Å². The molecule has 3 aliphatic heterocycles. The Morgan fingerprint density at radius 1 is 1.09 bits per heavy atom. The third-order valence-corrected chi connectivity index (χ3v) is 12.2. The highest BCUT2D eigenvalue weighted by atomic mass is 32.2. The van der Waals surface area contributed by atoms with Crippen molar-refractivity contribution in [3.8, 4) is 0 Å². The van der Waals surface area contributed by atoms with Gasteiger partial charge in [-0.05, 0) is 54.9 Å². The van der Waals surface area contributed by atoms with Crippen LogP contribution >= 0.6 is 11.8 Å². The number of rotatable bonds is 12. The normalized spacial score (nSPS) is 27.4. The van der Waals surface area contributed by atoms with Gasteiger partial charge in [0, 0.05) is 30.6 Å². The van der Waals surface area contributed by atoms with Crippen molar-refractivity contribution in [3.05, 3.63) is 90.5 Å². The van der Waals surface area contributed by atoms with E-state index in [1.807, 2.05) is 76.2 Å². The summed E-state index contributed by atoms with van der Waals surface area (Å²) in [5.41, 5.74) is 3.77. The Morgan fingerprint density at radius 3 is 2.40 bits per heavy atom. The minimum Gasteiger partial charge on any atom is -0.394 e. The van der Waals surface area contributed by atoms with Gasteiger partial charge in [0.15, 0.2) is 0 Å². The van der Waals surface area contributed by atoms with Crippen molar-refractivity contribution in [2.24, 2.45) is 23.7 Å². The molecule has 0 saturated carbocycles. The van der Waals surface area contributed by atoms with Crippen LogP contribution in [0.4, 0.5) is 5.69 Å². The number of nitrogens with zero attached hydrogens (tertiary/aromatic N) is 3. The summed E-state index contributed by atoms with van der Waals surface area (Å²) in [6.07, 6.45) is 4.19. The summed E-state index contributed by atoms with van der Waals surface area (Å²) in [5.74, 6) is -1.76. The van der Waals surface area contributed by atoms with Gasteiger partial charge in [0.1, 0.15) is 6.04 Å². The van der Waals surface area contributed by atoms with Gasteiger partial charge in [0.2, 0.25) is 11.8 Å². The number of anilines is 1. The molecule has 2 bridgehead atoms. The summed E-state index contributed by atoms with van der Waals surface area (Å²) in [6, 6.07) is 14.5. The van der Waals surface area contributed by atoms with E-state index in [-0.39, 0.29) is 48.0 Å². The molecule has 7 nitrogen and oxygen atoms in total. The third-order valence-electron chi connectivity index (χ3n) is 10.1. The molecule has 8 heteroatoms. The van der Waals surface area contributed by atoms with Crippen LogP contribution in [0, 0.1) is 37.5 Å². The molecular formula is C37H47N3O4S. The van der Waals surface area contributed by atoms with E-state index < -0.39 is 28.7 Å². The first kappa shape index (κ1) is 33.0. The van der Waals surface area contributed by atoms with Gasteiger partial charge in [-0.3, -0.25) is 14.4 Å². The fraction of sp³-hybridized carbons (Fsp3) is 0.486. The lowest BCUT2D eigenvalue weighted by Crippen LogP contribution is -2.60. The first-order valence-electron chi connectivity index (χ1n) is 16.1. The van der Waals surface area contributed by atoms with E-state index in [1.54, 1.807) is 38.6 Å². The van der Waals surface area contributed by atoms with E-state index in [1.165, 1.54) is 0 Å². The molecule has 2 aromatic rings. The lowest BCUT2D eigenvalue weighted by Gasteiger charge is -2.43. The van der Waals surface area contributed by atoms with E-state index in [9.17, 15) is 14.7 Å². The van der Waals surface area contributed by atoms with Crippen molar-refractivity contribution in [2.45, 2.75) is 69.7 Å². The molecule has 1 N–H and O–H groups in total. The second kappa shape index (κ2) is 13.2. The van der Waals surface area contributed by atoms with Crippen LogP contribution in [0.2, 0.25) is 0 Å². The number of aryl methyl sites for hydroxylation is 2. The van der Waals surface area contributed by atoms with Crippen LogP contribution in [0.25, 0.3) is 0 Å². The smallest absolute Gasteiger partial charge is 0.251 e. The zero-order valence-corrected chi connectivity index (χ0v) is 28.0. The number of hydrogen-bond donors (Lipinski definition) is 1. The molecule has 0 radical (unpaired) electrons. The molecule has 3 saturated heterocycles. The fourth-order valence-corrected chi connectivity index (χ4v) is 10.4. The average molecular weight is 630 g/mol. The van der Waals surface area contributed by atoms with Gasteiger partial charge in [-0.15, -0.1) is 24.9 Å². The number of fused-ring (bicyclic) bond motifs is 1. The summed E-state index contributed by atoms with van der Waals surface area (Å²) in [6.45, 7) is 18.7. The molecule has 3 unspecified atom stereocenters. The molecule has 0 aromatic heterocycles. The lowest BCUT2D eigenvalue weighted by atomic mass is 9.65. The Labute approximate surface area is 272 Å². The standard InChI is InChI=1S/C37H47N3O4S/c1-8-17-38(21-27-13-11-10-12-14-27)34(42)31-30-20-26(7)37(45-30)32(31)35(43)40(29(22-41)23(3)4)33(37)36(44)39(18-9-2)28-19-24(5)15-16-25(28)6/h8-16,19,23,26,29-33,41H,1-2,17-18,20-22H2,3-7H3/t26?,29-,30-,31+,32-,33?,37?/m0/s1. The summed E-state index contributed by atoms with van der Waals surface area (Å²) >= 11 is 1.67. The number of aliphatic hydroxyl groups excluding tert-OH is 1. The number of thioether (sulfide) groups is 1. The highest BCUT2D eigenvalue weighted by Crippen LogP contribution is 2.69. The summed E-state index contributed by atoms with van der Waals surface area (Å²) in [4.78, 5) is 49.7. The number of amides is 3. The van der Waals surface area contributed by atoms with Gasteiger partial charge < -0.3 is 19.8 Å². The molecule has 0 aliphatic carbocycles.